The molecule has 0 spiro atoms. The van der Waals surface area contributed by atoms with Gasteiger partial charge in [-0.15, -0.1) is 0 Å². The molecule has 0 aromatic heterocycles. The lowest BCUT2D eigenvalue weighted by atomic mass is 9.97. The van der Waals surface area contributed by atoms with Crippen LogP contribution in [0.5, 0.6) is 0 Å². The van der Waals surface area contributed by atoms with E-state index in [-0.39, 0.29) is 18.9 Å². The molecule has 1 amide bonds. The van der Waals surface area contributed by atoms with Gasteiger partial charge in [0.1, 0.15) is 48.8 Å². The quantitative estimate of drug-likeness (QED) is 0.0204. The summed E-state index contributed by atoms with van der Waals surface area (Å²) in [7, 11) is 0. The van der Waals surface area contributed by atoms with Gasteiger partial charge in [0.05, 0.1) is 32.0 Å². The van der Waals surface area contributed by atoms with Crippen LogP contribution in [-0.2, 0) is 23.7 Å². The summed E-state index contributed by atoms with van der Waals surface area (Å²) < 4.78 is 22.8. The molecule has 9 N–H and O–H groups in total. The van der Waals surface area contributed by atoms with Crippen molar-refractivity contribution in [2.45, 2.75) is 370 Å². The average molecular weight is 1270 g/mol. The number of ether oxygens (including phenoxy) is 4. The predicted molar refractivity (Wildman–Crippen MR) is 369 cm³/mol. The molecule has 2 aliphatic rings. The van der Waals surface area contributed by atoms with E-state index in [4.69, 9.17) is 18.9 Å². The number of unbranched alkanes of at least 4 members (excludes halogenated alkanes) is 35. The first-order valence-corrected chi connectivity index (χ1v) is 36.8. The van der Waals surface area contributed by atoms with Gasteiger partial charge in [0.15, 0.2) is 12.6 Å². The number of rotatable bonds is 60. The molecule has 14 heteroatoms. The Balaban J connectivity index is 1.68. The third kappa shape index (κ3) is 43.2. The molecule has 12 unspecified atom stereocenters. The summed E-state index contributed by atoms with van der Waals surface area (Å²) in [6, 6.07) is -0.947. The van der Waals surface area contributed by atoms with Crippen molar-refractivity contribution in [2.75, 3.05) is 19.8 Å². The summed E-state index contributed by atoms with van der Waals surface area (Å²) in [4.78, 5) is 13.3. The van der Waals surface area contributed by atoms with Crippen molar-refractivity contribution in [1.82, 2.24) is 5.32 Å². The summed E-state index contributed by atoms with van der Waals surface area (Å²) in [5.41, 5.74) is 0. The standard InChI is InChI=1S/C76H135NO13/c1-3-5-7-9-11-13-15-17-19-21-23-25-27-28-29-30-31-32-33-34-35-36-38-39-41-43-45-47-49-51-53-55-57-59-65(80)64(63-87-75-73(86)71(84)74(67(62-79)89-75)90-76-72(85)70(83)69(82)66(61-78)88-76)77-68(81)60-58-56-54-52-50-48-46-44-42-40-37-26-24-22-20-18-16-14-12-10-8-6-4-2/h6,8,12,14,18,20,24,26,41,43,49,51,57,59,64-67,69-76,78-80,82-86H,3-5,7,9-11,13,15-17,19,21-23,25,27-40,42,44-48,50,52-56,58,60-63H2,1-2H3,(H,77,81)/b8-6-,14-12-,20-18-,26-24-,43-41+,51-49+,59-57+. The van der Waals surface area contributed by atoms with Crippen LogP contribution >= 0.6 is 0 Å². The van der Waals surface area contributed by atoms with E-state index in [0.29, 0.717) is 12.8 Å². The molecule has 522 valence electrons. The molecule has 2 aliphatic heterocycles. The largest absolute Gasteiger partial charge is 0.394 e. The molecule has 12 atom stereocenters. The number of nitrogens with one attached hydrogen (secondary N) is 1. The molecule has 2 heterocycles. The van der Waals surface area contributed by atoms with Gasteiger partial charge >= 0.3 is 0 Å². The van der Waals surface area contributed by atoms with Crippen molar-refractivity contribution in [1.29, 1.82) is 0 Å². The number of carbonyl (C=O) groups excluding carboxylic acids is 1. The molecule has 0 aromatic rings. The lowest BCUT2D eigenvalue weighted by Gasteiger charge is -2.46. The van der Waals surface area contributed by atoms with Crippen LogP contribution in [0.1, 0.15) is 296 Å². The van der Waals surface area contributed by atoms with E-state index in [9.17, 15) is 45.6 Å². The number of aliphatic hydroxyl groups is 8. The van der Waals surface area contributed by atoms with E-state index in [1.165, 1.54) is 186 Å². The highest BCUT2D eigenvalue weighted by molar-refractivity contribution is 5.76. The van der Waals surface area contributed by atoms with Crippen LogP contribution in [0.4, 0.5) is 0 Å². The number of hydrogen-bond donors (Lipinski definition) is 9. The second-order valence-electron chi connectivity index (χ2n) is 25.7. The van der Waals surface area contributed by atoms with Gasteiger partial charge in [0.25, 0.3) is 0 Å². The molecule has 0 aliphatic carbocycles. The number of hydrogen-bond acceptors (Lipinski definition) is 13. The molecule has 0 saturated carbocycles. The zero-order valence-electron chi connectivity index (χ0n) is 56.9. The molecule has 0 bridgehead atoms. The van der Waals surface area contributed by atoms with Gasteiger partial charge in [-0.05, 0) is 83.5 Å². The number of carbonyl (C=O) groups is 1. The van der Waals surface area contributed by atoms with Crippen molar-refractivity contribution in [3.8, 4) is 0 Å². The van der Waals surface area contributed by atoms with E-state index in [1.807, 2.05) is 6.08 Å². The molecule has 2 rings (SSSR count). The minimum Gasteiger partial charge on any atom is -0.394 e. The van der Waals surface area contributed by atoms with Gasteiger partial charge in [-0.3, -0.25) is 4.79 Å². The predicted octanol–water partition coefficient (Wildman–Crippen LogP) is 15.6. The molecule has 14 nitrogen and oxygen atoms in total. The zero-order chi connectivity index (χ0) is 65.2. The molecular formula is C76H135NO13. The number of amides is 1. The summed E-state index contributed by atoms with van der Waals surface area (Å²) in [6.07, 6.45) is 66.5. The van der Waals surface area contributed by atoms with Crippen LogP contribution in [0.3, 0.4) is 0 Å². The van der Waals surface area contributed by atoms with E-state index in [2.05, 4.69) is 92.1 Å². The Labute approximate surface area is 548 Å². The highest BCUT2D eigenvalue weighted by atomic mass is 16.7. The topological polar surface area (TPSA) is 228 Å². The first kappa shape index (κ1) is 83.3. The molecular weight excluding hydrogens is 1130 g/mol. The maximum Gasteiger partial charge on any atom is 0.220 e. The van der Waals surface area contributed by atoms with Gasteiger partial charge in [-0.2, -0.15) is 0 Å². The molecule has 2 fully saturated rings. The highest BCUT2D eigenvalue weighted by Gasteiger charge is 2.51. The number of allylic oxidation sites excluding steroid dienone is 13. The van der Waals surface area contributed by atoms with Crippen LogP contribution in [-0.4, -0.2) is 140 Å². The Bertz CT molecular complexity index is 1830. The van der Waals surface area contributed by atoms with Crippen molar-refractivity contribution >= 4 is 5.91 Å². The summed E-state index contributed by atoms with van der Waals surface area (Å²) in [5, 5.41) is 87.5. The lowest BCUT2D eigenvalue weighted by Crippen LogP contribution is -2.65. The smallest absolute Gasteiger partial charge is 0.220 e. The van der Waals surface area contributed by atoms with Gasteiger partial charge in [0.2, 0.25) is 5.91 Å². The van der Waals surface area contributed by atoms with Crippen molar-refractivity contribution < 1.29 is 64.6 Å². The molecule has 90 heavy (non-hydrogen) atoms. The Morgan fingerprint density at radius 1 is 0.411 bits per heavy atom. The van der Waals surface area contributed by atoms with Crippen LogP contribution in [0.25, 0.3) is 0 Å². The Hall–Kier alpha value is -2.83. The fourth-order valence-corrected chi connectivity index (χ4v) is 11.7. The highest BCUT2D eigenvalue weighted by Crippen LogP contribution is 2.30. The van der Waals surface area contributed by atoms with Crippen molar-refractivity contribution in [3.63, 3.8) is 0 Å². The third-order valence-electron chi connectivity index (χ3n) is 17.5. The number of aliphatic hydroxyl groups excluding tert-OH is 8. The maximum atomic E-state index is 13.3. The zero-order valence-corrected chi connectivity index (χ0v) is 56.9. The Morgan fingerprint density at radius 2 is 0.778 bits per heavy atom. The maximum absolute atomic E-state index is 13.3. The summed E-state index contributed by atoms with van der Waals surface area (Å²) in [6.45, 7) is 2.69. The first-order valence-electron chi connectivity index (χ1n) is 36.8. The van der Waals surface area contributed by atoms with Crippen LogP contribution < -0.4 is 5.32 Å². The van der Waals surface area contributed by atoms with E-state index in [1.54, 1.807) is 6.08 Å². The van der Waals surface area contributed by atoms with E-state index >= 15 is 0 Å². The van der Waals surface area contributed by atoms with Gasteiger partial charge < -0.3 is 65.1 Å². The van der Waals surface area contributed by atoms with Crippen molar-refractivity contribution in [2.24, 2.45) is 0 Å². The first-order chi connectivity index (χ1) is 44.1. The van der Waals surface area contributed by atoms with E-state index in [0.717, 1.165) is 77.0 Å². The van der Waals surface area contributed by atoms with Crippen molar-refractivity contribution in [3.05, 3.63) is 85.1 Å². The second kappa shape index (κ2) is 59.9. The summed E-state index contributed by atoms with van der Waals surface area (Å²) >= 11 is 0. The third-order valence-corrected chi connectivity index (χ3v) is 17.5. The fourth-order valence-electron chi connectivity index (χ4n) is 11.7. The minimum absolute atomic E-state index is 0.258. The van der Waals surface area contributed by atoms with Gasteiger partial charge in [-0.25, -0.2) is 0 Å². The minimum atomic E-state index is -1.80. The SMILES string of the molecule is CC/C=C\C/C=C\C/C=C\C/C=C\CCCCCCCCCCCCC(=O)NC(COC1OC(CO)C(OC2OC(CO)C(O)C(O)C2O)C(O)C1O)C(O)/C=C/CC/C=C/CC/C=C/CCCCCCCCCCCCCCCCCCCCCCCCC. The average Bonchev–Trinajstić information content (AvgIpc) is 1.28. The second-order valence-corrected chi connectivity index (χ2v) is 25.7. The molecule has 0 radical (unpaired) electrons. The normalized spacial score (nSPS) is 23.4. The molecule has 0 aromatic carbocycles. The lowest BCUT2D eigenvalue weighted by molar-refractivity contribution is -0.359. The van der Waals surface area contributed by atoms with E-state index < -0.39 is 86.8 Å². The summed E-state index contributed by atoms with van der Waals surface area (Å²) in [5.74, 6) is -0.258. The Morgan fingerprint density at radius 3 is 1.22 bits per heavy atom. The van der Waals surface area contributed by atoms with Crippen LogP contribution in [0.15, 0.2) is 85.1 Å². The fraction of sp³-hybridized carbons (Fsp3) is 0.803. The molecule has 2 saturated heterocycles. The van der Waals surface area contributed by atoms with Gasteiger partial charge in [0, 0.05) is 6.42 Å². The van der Waals surface area contributed by atoms with Crippen LogP contribution in [0.2, 0.25) is 0 Å². The monoisotopic (exact) mass is 1270 g/mol. The van der Waals surface area contributed by atoms with Gasteiger partial charge in [-0.1, -0.05) is 292 Å². The van der Waals surface area contributed by atoms with Crippen LogP contribution in [0, 0.1) is 0 Å². The Kier molecular flexibility index (Phi) is 55.4.